The SMILES string of the molecule is CC.O=C(O)C1(CCc2ccc(C3=CCCC=C3)cc2)CCOCC1. The van der Waals surface area contributed by atoms with Gasteiger partial charge >= 0.3 is 5.97 Å². The molecule has 1 aliphatic heterocycles. The first-order valence-corrected chi connectivity index (χ1v) is 9.47. The summed E-state index contributed by atoms with van der Waals surface area (Å²) in [5, 5.41) is 9.61. The van der Waals surface area contributed by atoms with Crippen molar-refractivity contribution in [3.05, 3.63) is 53.6 Å². The van der Waals surface area contributed by atoms with E-state index >= 15 is 0 Å². The van der Waals surface area contributed by atoms with Gasteiger partial charge in [-0.2, -0.15) is 0 Å². The number of carbonyl (C=O) groups is 1. The number of hydrogen-bond acceptors (Lipinski definition) is 2. The molecular formula is C22H30O3. The minimum Gasteiger partial charge on any atom is -0.481 e. The maximum atomic E-state index is 11.7. The van der Waals surface area contributed by atoms with Crippen molar-refractivity contribution in [3.8, 4) is 0 Å². The van der Waals surface area contributed by atoms with E-state index in [0.717, 1.165) is 19.3 Å². The van der Waals surface area contributed by atoms with Gasteiger partial charge in [0.15, 0.2) is 0 Å². The van der Waals surface area contributed by atoms with Crippen molar-refractivity contribution in [2.75, 3.05) is 13.2 Å². The van der Waals surface area contributed by atoms with Gasteiger partial charge < -0.3 is 9.84 Å². The molecular weight excluding hydrogens is 312 g/mol. The molecule has 0 unspecified atom stereocenters. The van der Waals surface area contributed by atoms with Crippen molar-refractivity contribution in [3.63, 3.8) is 0 Å². The van der Waals surface area contributed by atoms with E-state index in [1.165, 1.54) is 16.7 Å². The first-order valence-electron chi connectivity index (χ1n) is 9.47. The van der Waals surface area contributed by atoms with Crippen molar-refractivity contribution >= 4 is 11.5 Å². The zero-order valence-electron chi connectivity index (χ0n) is 15.5. The van der Waals surface area contributed by atoms with E-state index in [1.54, 1.807) is 0 Å². The second-order valence-corrected chi connectivity index (χ2v) is 6.53. The fourth-order valence-electron chi connectivity index (χ4n) is 3.41. The Morgan fingerprint density at radius 3 is 2.36 bits per heavy atom. The van der Waals surface area contributed by atoms with Crippen LogP contribution in [0.5, 0.6) is 0 Å². The summed E-state index contributed by atoms with van der Waals surface area (Å²) in [6, 6.07) is 8.56. The van der Waals surface area contributed by atoms with Crippen LogP contribution >= 0.6 is 0 Å². The van der Waals surface area contributed by atoms with Crippen LogP contribution in [0.1, 0.15) is 57.1 Å². The summed E-state index contributed by atoms with van der Waals surface area (Å²) in [7, 11) is 0. The number of ether oxygens (including phenoxy) is 1. The van der Waals surface area contributed by atoms with E-state index in [0.29, 0.717) is 32.5 Å². The molecule has 1 aromatic carbocycles. The molecule has 1 heterocycles. The van der Waals surface area contributed by atoms with Gasteiger partial charge in [0.25, 0.3) is 0 Å². The fourth-order valence-corrected chi connectivity index (χ4v) is 3.41. The highest BCUT2D eigenvalue weighted by Crippen LogP contribution is 2.36. The molecule has 1 N–H and O–H groups in total. The molecule has 0 atom stereocenters. The topological polar surface area (TPSA) is 46.5 Å². The van der Waals surface area contributed by atoms with Gasteiger partial charge in [0.1, 0.15) is 0 Å². The molecule has 1 saturated heterocycles. The quantitative estimate of drug-likeness (QED) is 0.794. The highest BCUT2D eigenvalue weighted by molar-refractivity contribution is 5.75. The Kier molecular flexibility index (Phi) is 7.45. The molecule has 3 heteroatoms. The van der Waals surface area contributed by atoms with E-state index in [9.17, 15) is 9.90 Å². The highest BCUT2D eigenvalue weighted by Gasteiger charge is 2.39. The van der Waals surface area contributed by atoms with Crippen LogP contribution in [0.15, 0.2) is 42.5 Å². The van der Waals surface area contributed by atoms with Crippen molar-refractivity contribution in [1.82, 2.24) is 0 Å². The second-order valence-electron chi connectivity index (χ2n) is 6.53. The average molecular weight is 342 g/mol. The molecule has 3 nitrogen and oxygen atoms in total. The van der Waals surface area contributed by atoms with Crippen molar-refractivity contribution in [2.45, 2.75) is 52.4 Å². The van der Waals surface area contributed by atoms with E-state index in [-0.39, 0.29) is 0 Å². The fraction of sp³-hybridized carbons (Fsp3) is 0.500. The number of benzene rings is 1. The van der Waals surface area contributed by atoms with Crippen LogP contribution in [0.25, 0.3) is 5.57 Å². The minimum absolute atomic E-state index is 0.561. The van der Waals surface area contributed by atoms with Crippen LogP contribution in [-0.4, -0.2) is 24.3 Å². The summed E-state index contributed by atoms with van der Waals surface area (Å²) in [5.41, 5.74) is 3.13. The van der Waals surface area contributed by atoms with E-state index in [4.69, 9.17) is 4.74 Å². The second kappa shape index (κ2) is 9.57. The van der Waals surface area contributed by atoms with Crippen LogP contribution < -0.4 is 0 Å². The zero-order chi connectivity index (χ0) is 18.1. The van der Waals surface area contributed by atoms with Gasteiger partial charge in [0, 0.05) is 13.2 Å². The first kappa shape index (κ1) is 19.5. The lowest BCUT2D eigenvalue weighted by Gasteiger charge is -2.33. The monoisotopic (exact) mass is 342 g/mol. The molecule has 1 fully saturated rings. The molecule has 0 saturated carbocycles. The predicted molar refractivity (Wildman–Crippen MR) is 103 cm³/mol. The van der Waals surface area contributed by atoms with E-state index < -0.39 is 11.4 Å². The minimum atomic E-state index is -0.671. The molecule has 25 heavy (non-hydrogen) atoms. The molecule has 1 aromatic rings. The number of hydrogen-bond donors (Lipinski definition) is 1. The standard InChI is InChI=1S/C20H24O3.C2H6/c21-19(22)20(12-14-23-15-13-20)11-10-16-6-8-18(9-7-16)17-4-2-1-3-5-17;1-2/h2,4-9H,1,3,10-15H2,(H,21,22);1-2H3. The Balaban J connectivity index is 0.00000109. The van der Waals surface area contributed by atoms with Gasteiger partial charge in [0.05, 0.1) is 5.41 Å². The Hall–Kier alpha value is -1.87. The Morgan fingerprint density at radius 1 is 1.12 bits per heavy atom. The van der Waals surface area contributed by atoms with Crippen molar-refractivity contribution in [2.24, 2.45) is 5.41 Å². The summed E-state index contributed by atoms with van der Waals surface area (Å²) < 4.78 is 5.33. The molecule has 0 spiro atoms. The summed E-state index contributed by atoms with van der Waals surface area (Å²) in [5.74, 6) is -0.671. The molecule has 2 aliphatic rings. The van der Waals surface area contributed by atoms with Crippen LogP contribution in [0.4, 0.5) is 0 Å². The number of aliphatic carboxylic acids is 1. The summed E-state index contributed by atoms with van der Waals surface area (Å²) in [6.45, 7) is 5.12. The number of rotatable bonds is 5. The molecule has 0 bridgehead atoms. The average Bonchev–Trinajstić information content (AvgIpc) is 2.70. The lowest BCUT2D eigenvalue weighted by Crippen LogP contribution is -2.37. The molecule has 1 aliphatic carbocycles. The van der Waals surface area contributed by atoms with Crippen LogP contribution in [0.2, 0.25) is 0 Å². The third-order valence-electron chi connectivity index (χ3n) is 5.08. The number of allylic oxidation sites excluding steroid dienone is 4. The van der Waals surface area contributed by atoms with Crippen molar-refractivity contribution in [1.29, 1.82) is 0 Å². The Morgan fingerprint density at radius 2 is 1.80 bits per heavy atom. The predicted octanol–water partition coefficient (Wildman–Crippen LogP) is 5.26. The maximum Gasteiger partial charge on any atom is 0.309 e. The van der Waals surface area contributed by atoms with E-state index in [2.05, 4.69) is 42.5 Å². The molecule has 0 radical (unpaired) electrons. The lowest BCUT2D eigenvalue weighted by atomic mass is 9.75. The maximum absolute atomic E-state index is 11.7. The van der Waals surface area contributed by atoms with Crippen LogP contribution in [-0.2, 0) is 16.0 Å². The molecule has 136 valence electrons. The molecule has 0 amide bonds. The summed E-state index contributed by atoms with van der Waals surface area (Å²) >= 11 is 0. The van der Waals surface area contributed by atoms with Gasteiger partial charge in [-0.15, -0.1) is 0 Å². The first-order chi connectivity index (χ1) is 12.2. The normalized spacial score (nSPS) is 18.7. The third kappa shape index (κ3) is 5.05. The van der Waals surface area contributed by atoms with Gasteiger partial charge in [-0.25, -0.2) is 0 Å². The third-order valence-corrected chi connectivity index (χ3v) is 5.08. The van der Waals surface area contributed by atoms with E-state index in [1.807, 2.05) is 13.8 Å². The van der Waals surface area contributed by atoms with Gasteiger partial charge in [-0.3, -0.25) is 4.79 Å². The van der Waals surface area contributed by atoms with Gasteiger partial charge in [-0.05, 0) is 55.2 Å². The van der Waals surface area contributed by atoms with Gasteiger partial charge in [0.2, 0.25) is 0 Å². The molecule has 0 aromatic heterocycles. The smallest absolute Gasteiger partial charge is 0.309 e. The highest BCUT2D eigenvalue weighted by atomic mass is 16.5. The Bertz CT molecular complexity index is 605. The summed E-state index contributed by atoms with van der Waals surface area (Å²) in [4.78, 5) is 11.7. The largest absolute Gasteiger partial charge is 0.481 e. The Labute approximate surface area is 151 Å². The van der Waals surface area contributed by atoms with Gasteiger partial charge in [-0.1, -0.05) is 56.3 Å². The van der Waals surface area contributed by atoms with Crippen molar-refractivity contribution < 1.29 is 14.6 Å². The number of carboxylic acid groups (broad SMARTS) is 1. The number of carboxylic acids is 1. The zero-order valence-corrected chi connectivity index (χ0v) is 15.5. The number of aryl methyl sites for hydroxylation is 1. The van der Waals surface area contributed by atoms with Crippen LogP contribution in [0.3, 0.4) is 0 Å². The van der Waals surface area contributed by atoms with Crippen LogP contribution in [0, 0.1) is 5.41 Å². The lowest BCUT2D eigenvalue weighted by molar-refractivity contribution is -0.155. The molecule has 3 rings (SSSR count). The summed E-state index contributed by atoms with van der Waals surface area (Å²) in [6.07, 6.45) is 11.6.